The molecule has 0 aliphatic heterocycles. The first-order valence-corrected chi connectivity index (χ1v) is 16.9. The van der Waals surface area contributed by atoms with E-state index in [0.717, 1.165) is 28.0 Å². The molecule has 4 heteroatoms. The van der Waals surface area contributed by atoms with Gasteiger partial charge in [-0.25, -0.2) is 9.97 Å². The molecule has 47 heavy (non-hydrogen) atoms. The van der Waals surface area contributed by atoms with Crippen LogP contribution in [0.3, 0.4) is 0 Å². The number of para-hydroxylation sites is 1. The van der Waals surface area contributed by atoms with Gasteiger partial charge in [0.2, 0.25) is 5.95 Å². The highest BCUT2D eigenvalue weighted by Gasteiger charge is 2.40. The normalized spacial score (nSPS) is 13.5. The molecule has 10 rings (SSSR count). The van der Waals surface area contributed by atoms with Gasteiger partial charge in [0.15, 0.2) is 0 Å². The van der Waals surface area contributed by atoms with Crippen LogP contribution >= 0.6 is 11.3 Å². The number of hydrogen-bond acceptors (Lipinski definition) is 3. The van der Waals surface area contributed by atoms with Crippen LogP contribution in [0.1, 0.15) is 25.0 Å². The fourth-order valence-corrected chi connectivity index (χ4v) is 9.21. The van der Waals surface area contributed by atoms with Gasteiger partial charge in [-0.1, -0.05) is 135 Å². The summed E-state index contributed by atoms with van der Waals surface area (Å²) in [7, 11) is 0. The van der Waals surface area contributed by atoms with Gasteiger partial charge < -0.3 is 0 Å². The van der Waals surface area contributed by atoms with E-state index < -0.39 is 0 Å². The highest BCUT2D eigenvalue weighted by atomic mass is 32.1. The van der Waals surface area contributed by atoms with Crippen molar-refractivity contribution < 1.29 is 0 Å². The number of thiophene rings is 1. The topological polar surface area (TPSA) is 30.7 Å². The van der Waals surface area contributed by atoms with Crippen molar-refractivity contribution in [2.45, 2.75) is 19.3 Å². The van der Waals surface area contributed by atoms with E-state index in [9.17, 15) is 0 Å². The summed E-state index contributed by atoms with van der Waals surface area (Å²) in [6.07, 6.45) is 0. The van der Waals surface area contributed by atoms with Crippen LogP contribution in [0.4, 0.5) is 0 Å². The van der Waals surface area contributed by atoms with Crippen molar-refractivity contribution in [1.29, 1.82) is 0 Å². The summed E-state index contributed by atoms with van der Waals surface area (Å²) >= 11 is 1.91. The number of fused-ring (bicyclic) bond motifs is 12. The first-order chi connectivity index (χ1) is 23.1. The van der Waals surface area contributed by atoms with Crippen molar-refractivity contribution >= 4 is 53.3 Å². The summed E-state index contributed by atoms with van der Waals surface area (Å²) in [5.41, 5.74) is 11.5. The second kappa shape index (κ2) is 9.71. The Bertz CT molecular complexity index is 2640. The minimum Gasteiger partial charge on any atom is -0.277 e. The fourth-order valence-electron chi connectivity index (χ4n) is 7.94. The Hall–Kier alpha value is -5.58. The number of nitrogens with zero attached hydrogens (tertiary/aromatic N) is 3. The Morgan fingerprint density at radius 3 is 1.91 bits per heavy atom. The van der Waals surface area contributed by atoms with Gasteiger partial charge >= 0.3 is 0 Å². The van der Waals surface area contributed by atoms with E-state index in [4.69, 9.17) is 9.97 Å². The summed E-state index contributed by atoms with van der Waals surface area (Å²) in [4.78, 5) is 10.7. The average Bonchev–Trinajstić information content (AvgIpc) is 3.75. The standard InChI is InChI=1S/C43H29N3S/c1-43(2)31-22-12-9-19-28(31)37-39(43)36-29-20-10-13-23-34(29)46(40(36)38-30-21-11-14-24-35(30)47-41(37)38)42-44-32(26-15-5-3-6-16-26)25-33(45-42)27-17-7-4-8-18-27/h3-25H,1-2H3. The Balaban J connectivity index is 1.44. The SMILES string of the molecule is CC1(C)c2ccccc2-c2c1c1c3ccccc3n(-c3nc(-c4ccccc4)cc(-c4ccccc4)n3)c1c1c2sc2ccccc21. The van der Waals surface area contributed by atoms with Crippen LogP contribution in [-0.4, -0.2) is 14.5 Å². The van der Waals surface area contributed by atoms with Crippen molar-refractivity contribution in [1.82, 2.24) is 14.5 Å². The monoisotopic (exact) mass is 619 g/mol. The maximum Gasteiger partial charge on any atom is 0.235 e. The Kier molecular flexibility index (Phi) is 5.50. The second-order valence-corrected chi connectivity index (χ2v) is 14.0. The van der Waals surface area contributed by atoms with Gasteiger partial charge in [-0.05, 0) is 34.9 Å². The van der Waals surface area contributed by atoms with E-state index >= 15 is 0 Å². The third-order valence-electron chi connectivity index (χ3n) is 9.98. The second-order valence-electron chi connectivity index (χ2n) is 13.0. The van der Waals surface area contributed by atoms with Crippen LogP contribution in [0.5, 0.6) is 0 Å². The molecule has 0 N–H and O–H groups in total. The van der Waals surface area contributed by atoms with Crippen LogP contribution in [0.25, 0.3) is 81.6 Å². The zero-order valence-corrected chi connectivity index (χ0v) is 26.8. The predicted octanol–water partition coefficient (Wildman–Crippen LogP) is 11.6. The van der Waals surface area contributed by atoms with E-state index in [-0.39, 0.29) is 5.41 Å². The zero-order valence-electron chi connectivity index (χ0n) is 26.0. The molecule has 0 saturated heterocycles. The van der Waals surface area contributed by atoms with Gasteiger partial charge in [-0.2, -0.15) is 0 Å². The van der Waals surface area contributed by atoms with Crippen molar-refractivity contribution in [3.63, 3.8) is 0 Å². The molecule has 0 radical (unpaired) electrons. The molecule has 3 aromatic heterocycles. The molecule has 0 fully saturated rings. The summed E-state index contributed by atoms with van der Waals surface area (Å²) < 4.78 is 4.98. The van der Waals surface area contributed by atoms with Crippen molar-refractivity contribution in [3.05, 3.63) is 151 Å². The quantitative estimate of drug-likeness (QED) is 0.197. The molecule has 0 amide bonds. The maximum atomic E-state index is 5.37. The third-order valence-corrected chi connectivity index (χ3v) is 11.2. The van der Waals surface area contributed by atoms with Crippen LogP contribution < -0.4 is 0 Å². The molecular weight excluding hydrogens is 591 g/mol. The van der Waals surface area contributed by atoms with Crippen molar-refractivity contribution in [2.75, 3.05) is 0 Å². The largest absolute Gasteiger partial charge is 0.277 e. The van der Waals surface area contributed by atoms with Crippen LogP contribution in [0.2, 0.25) is 0 Å². The van der Waals surface area contributed by atoms with E-state index in [2.05, 4.69) is 158 Å². The number of aromatic nitrogens is 3. The molecule has 0 bridgehead atoms. The Morgan fingerprint density at radius 1 is 0.596 bits per heavy atom. The lowest BCUT2D eigenvalue weighted by Gasteiger charge is -2.23. The van der Waals surface area contributed by atoms with Crippen LogP contribution in [-0.2, 0) is 5.41 Å². The predicted molar refractivity (Wildman–Crippen MR) is 198 cm³/mol. The molecular formula is C43H29N3S. The molecule has 0 spiro atoms. The zero-order chi connectivity index (χ0) is 31.3. The molecule has 1 aliphatic carbocycles. The summed E-state index contributed by atoms with van der Waals surface area (Å²) in [5.74, 6) is 0.682. The molecule has 222 valence electrons. The van der Waals surface area contributed by atoms with Gasteiger partial charge in [-0.15, -0.1) is 11.3 Å². The summed E-state index contributed by atoms with van der Waals surface area (Å²) in [5, 5.41) is 5.07. The van der Waals surface area contributed by atoms with Gasteiger partial charge in [0.1, 0.15) is 0 Å². The first kappa shape index (κ1) is 26.6. The summed E-state index contributed by atoms with van der Waals surface area (Å²) in [6, 6.07) is 49.7. The molecule has 9 aromatic rings. The van der Waals surface area contributed by atoms with E-state index in [1.165, 1.54) is 58.7 Å². The average molecular weight is 620 g/mol. The van der Waals surface area contributed by atoms with Gasteiger partial charge in [0.05, 0.1) is 22.4 Å². The van der Waals surface area contributed by atoms with E-state index in [0.29, 0.717) is 5.95 Å². The minimum atomic E-state index is -0.189. The Morgan fingerprint density at radius 2 is 1.19 bits per heavy atom. The van der Waals surface area contributed by atoms with Crippen molar-refractivity contribution in [3.8, 4) is 39.6 Å². The number of hydrogen-bond donors (Lipinski definition) is 0. The van der Waals surface area contributed by atoms with E-state index in [1.807, 2.05) is 11.3 Å². The first-order valence-electron chi connectivity index (χ1n) is 16.1. The molecule has 3 heterocycles. The van der Waals surface area contributed by atoms with Crippen molar-refractivity contribution in [2.24, 2.45) is 0 Å². The molecule has 0 saturated carbocycles. The molecule has 0 unspecified atom stereocenters. The molecule has 0 atom stereocenters. The lowest BCUT2D eigenvalue weighted by Crippen LogP contribution is -2.15. The van der Waals surface area contributed by atoms with Gasteiger partial charge in [0, 0.05) is 53.1 Å². The lowest BCUT2D eigenvalue weighted by atomic mass is 9.80. The van der Waals surface area contributed by atoms with Gasteiger partial charge in [-0.3, -0.25) is 4.57 Å². The molecule has 3 nitrogen and oxygen atoms in total. The van der Waals surface area contributed by atoms with E-state index in [1.54, 1.807) is 0 Å². The third kappa shape index (κ3) is 3.67. The Labute approximate surface area is 276 Å². The number of rotatable bonds is 3. The fraction of sp³-hybridized carbons (Fsp3) is 0.0698. The highest BCUT2D eigenvalue weighted by Crippen LogP contribution is 2.58. The maximum absolute atomic E-state index is 5.37. The minimum absolute atomic E-state index is 0.189. The lowest BCUT2D eigenvalue weighted by molar-refractivity contribution is 0.667. The van der Waals surface area contributed by atoms with Crippen LogP contribution in [0, 0.1) is 0 Å². The summed E-state index contributed by atoms with van der Waals surface area (Å²) in [6.45, 7) is 4.78. The highest BCUT2D eigenvalue weighted by molar-refractivity contribution is 7.26. The smallest absolute Gasteiger partial charge is 0.235 e. The molecule has 6 aromatic carbocycles. The van der Waals surface area contributed by atoms with Gasteiger partial charge in [0.25, 0.3) is 0 Å². The molecule has 1 aliphatic rings. The number of benzene rings is 6. The van der Waals surface area contributed by atoms with Crippen LogP contribution in [0.15, 0.2) is 140 Å².